The van der Waals surface area contributed by atoms with Crippen LogP contribution < -0.4 is 15.3 Å². The predicted molar refractivity (Wildman–Crippen MR) is 136 cm³/mol. The highest BCUT2D eigenvalue weighted by Gasteiger charge is 2.27. The van der Waals surface area contributed by atoms with Crippen LogP contribution in [0.5, 0.6) is 11.5 Å². The lowest BCUT2D eigenvalue weighted by Crippen LogP contribution is -2.46. The summed E-state index contributed by atoms with van der Waals surface area (Å²) in [5, 5.41) is 11.0. The van der Waals surface area contributed by atoms with Crippen LogP contribution in [-0.4, -0.2) is 61.3 Å². The number of methoxy groups -OCH3 is 1. The SMILES string of the molecule is COc1ccc(N2CCN(Cc3coc(=O)c(CN4CC[C@@H](c5ccccc5)C4)c3O)CC2)cc1. The van der Waals surface area contributed by atoms with Gasteiger partial charge in [0.25, 0.3) is 0 Å². The van der Waals surface area contributed by atoms with Gasteiger partial charge in [0.05, 0.1) is 12.7 Å². The lowest BCUT2D eigenvalue weighted by atomic mass is 9.99. The molecule has 3 aromatic rings. The van der Waals surface area contributed by atoms with Gasteiger partial charge in [-0.15, -0.1) is 0 Å². The number of nitrogens with zero attached hydrogens (tertiary/aromatic N) is 3. The quantitative estimate of drug-likeness (QED) is 0.559. The molecule has 0 amide bonds. The third kappa shape index (κ3) is 5.36. The molecule has 7 heteroatoms. The van der Waals surface area contributed by atoms with Crippen LogP contribution in [0.3, 0.4) is 0 Å². The topological polar surface area (TPSA) is 69.4 Å². The fraction of sp³-hybridized carbons (Fsp3) is 0.393. The molecule has 1 aromatic heterocycles. The Bertz CT molecular complexity index is 1170. The third-order valence-corrected chi connectivity index (χ3v) is 7.27. The van der Waals surface area contributed by atoms with E-state index in [2.05, 4.69) is 51.1 Å². The van der Waals surface area contributed by atoms with Crippen molar-refractivity contribution >= 4 is 5.69 Å². The monoisotopic (exact) mass is 475 g/mol. The third-order valence-electron chi connectivity index (χ3n) is 7.27. The van der Waals surface area contributed by atoms with Gasteiger partial charge >= 0.3 is 5.63 Å². The van der Waals surface area contributed by atoms with Crippen LogP contribution in [0, 0.1) is 0 Å². The lowest BCUT2D eigenvalue weighted by Gasteiger charge is -2.36. The van der Waals surface area contributed by atoms with E-state index in [1.54, 1.807) is 7.11 Å². The first-order valence-corrected chi connectivity index (χ1v) is 12.3. The van der Waals surface area contributed by atoms with Crippen molar-refractivity contribution in [2.45, 2.75) is 25.4 Å². The second-order valence-corrected chi connectivity index (χ2v) is 9.47. The van der Waals surface area contributed by atoms with Crippen LogP contribution in [0.2, 0.25) is 0 Å². The minimum atomic E-state index is -0.446. The summed E-state index contributed by atoms with van der Waals surface area (Å²) in [6.45, 7) is 6.27. The Balaban J connectivity index is 1.20. The fourth-order valence-corrected chi connectivity index (χ4v) is 5.19. The first kappa shape index (κ1) is 23.5. The summed E-state index contributed by atoms with van der Waals surface area (Å²) < 4.78 is 10.6. The number of rotatable bonds is 7. The first-order chi connectivity index (χ1) is 17.1. The van der Waals surface area contributed by atoms with E-state index in [1.807, 2.05) is 18.2 Å². The zero-order chi connectivity index (χ0) is 24.2. The highest BCUT2D eigenvalue weighted by molar-refractivity contribution is 5.49. The maximum Gasteiger partial charge on any atom is 0.343 e. The number of anilines is 1. The van der Waals surface area contributed by atoms with E-state index in [1.165, 1.54) is 17.5 Å². The van der Waals surface area contributed by atoms with Crippen molar-refractivity contribution in [1.29, 1.82) is 0 Å². The molecule has 1 atom stereocenters. The average Bonchev–Trinajstić information content (AvgIpc) is 3.38. The van der Waals surface area contributed by atoms with Crippen LogP contribution in [0.4, 0.5) is 5.69 Å². The largest absolute Gasteiger partial charge is 0.507 e. The van der Waals surface area contributed by atoms with Gasteiger partial charge in [-0.05, 0) is 48.7 Å². The molecule has 0 radical (unpaired) electrons. The summed E-state index contributed by atoms with van der Waals surface area (Å²) in [7, 11) is 1.67. The number of hydrogen-bond donors (Lipinski definition) is 1. The Morgan fingerprint density at radius 1 is 0.943 bits per heavy atom. The minimum absolute atomic E-state index is 0.0852. The molecule has 184 valence electrons. The van der Waals surface area contributed by atoms with Crippen molar-refractivity contribution in [3.63, 3.8) is 0 Å². The number of piperazine rings is 1. The maximum atomic E-state index is 12.5. The Kier molecular flexibility index (Phi) is 7.06. The molecule has 0 spiro atoms. The van der Waals surface area contributed by atoms with Crippen LogP contribution in [0.25, 0.3) is 0 Å². The molecule has 0 saturated carbocycles. The number of aromatic hydroxyl groups is 1. The second kappa shape index (κ2) is 10.5. The van der Waals surface area contributed by atoms with E-state index in [9.17, 15) is 9.90 Å². The molecular weight excluding hydrogens is 442 g/mol. The van der Waals surface area contributed by atoms with Crippen molar-refractivity contribution in [2.24, 2.45) is 0 Å². The number of ether oxygens (including phenoxy) is 1. The normalized spacial score (nSPS) is 19.2. The average molecular weight is 476 g/mol. The maximum absolute atomic E-state index is 12.5. The standard InChI is InChI=1S/C28H33N3O4/c1-34-25-9-7-24(8-10-25)31-15-13-29(14-16-31)18-23-20-35-28(33)26(27(23)32)19-30-12-11-22(17-30)21-5-3-2-4-6-21/h2-10,20,22,32H,11-19H2,1H3/t22-/m1/s1. The van der Waals surface area contributed by atoms with Crippen LogP contribution in [0.15, 0.2) is 70.1 Å². The zero-order valence-electron chi connectivity index (χ0n) is 20.2. The molecule has 2 fully saturated rings. The van der Waals surface area contributed by atoms with Crippen molar-refractivity contribution in [3.05, 3.63) is 88.0 Å². The van der Waals surface area contributed by atoms with Gasteiger partial charge in [-0.1, -0.05) is 30.3 Å². The molecular formula is C28H33N3O4. The summed E-state index contributed by atoms with van der Waals surface area (Å²) >= 11 is 0. The predicted octanol–water partition coefficient (Wildman–Crippen LogP) is 3.67. The molecule has 7 nitrogen and oxygen atoms in total. The summed E-state index contributed by atoms with van der Waals surface area (Å²) in [5.41, 5.74) is 3.11. The van der Waals surface area contributed by atoms with E-state index in [4.69, 9.17) is 9.15 Å². The van der Waals surface area contributed by atoms with E-state index in [-0.39, 0.29) is 5.75 Å². The Morgan fingerprint density at radius 3 is 2.40 bits per heavy atom. The van der Waals surface area contributed by atoms with E-state index in [0.717, 1.165) is 51.4 Å². The summed E-state index contributed by atoms with van der Waals surface area (Å²) in [4.78, 5) is 19.4. The number of hydrogen-bond acceptors (Lipinski definition) is 7. The van der Waals surface area contributed by atoms with Gasteiger partial charge in [-0.3, -0.25) is 9.80 Å². The van der Waals surface area contributed by atoms with Crippen LogP contribution in [0.1, 0.15) is 29.0 Å². The second-order valence-electron chi connectivity index (χ2n) is 9.47. The molecule has 2 aromatic carbocycles. The number of likely N-dealkylation sites (tertiary alicyclic amines) is 1. The molecule has 0 bridgehead atoms. The van der Waals surface area contributed by atoms with Crippen molar-refractivity contribution in [3.8, 4) is 11.5 Å². The summed E-state index contributed by atoms with van der Waals surface area (Å²) in [6, 6.07) is 18.6. The number of benzene rings is 2. The Hall–Kier alpha value is -3.29. The smallest absolute Gasteiger partial charge is 0.343 e. The van der Waals surface area contributed by atoms with Crippen molar-refractivity contribution in [1.82, 2.24) is 9.80 Å². The Labute approximate surface area is 206 Å². The minimum Gasteiger partial charge on any atom is -0.507 e. The van der Waals surface area contributed by atoms with Gasteiger partial charge in [-0.25, -0.2) is 4.79 Å². The van der Waals surface area contributed by atoms with Crippen molar-refractivity contribution < 1.29 is 14.3 Å². The molecule has 2 saturated heterocycles. The van der Waals surface area contributed by atoms with Gasteiger partial charge in [0.15, 0.2) is 0 Å². The highest BCUT2D eigenvalue weighted by atomic mass is 16.5. The molecule has 5 rings (SSSR count). The van der Waals surface area contributed by atoms with Gasteiger partial charge in [0.1, 0.15) is 17.8 Å². The van der Waals surface area contributed by atoms with E-state index < -0.39 is 5.63 Å². The molecule has 3 heterocycles. The van der Waals surface area contributed by atoms with Gasteiger partial charge in [0, 0.05) is 57.1 Å². The van der Waals surface area contributed by atoms with E-state index in [0.29, 0.717) is 30.1 Å². The Morgan fingerprint density at radius 2 is 1.69 bits per heavy atom. The molecule has 2 aliphatic heterocycles. The molecule has 35 heavy (non-hydrogen) atoms. The highest BCUT2D eigenvalue weighted by Crippen LogP contribution is 2.30. The van der Waals surface area contributed by atoms with Crippen molar-refractivity contribution in [2.75, 3.05) is 51.3 Å². The van der Waals surface area contributed by atoms with Gasteiger partial charge in [-0.2, -0.15) is 0 Å². The van der Waals surface area contributed by atoms with Crippen LogP contribution in [-0.2, 0) is 13.1 Å². The summed E-state index contributed by atoms with van der Waals surface area (Å²) in [6.07, 6.45) is 2.47. The van der Waals surface area contributed by atoms with E-state index >= 15 is 0 Å². The molecule has 0 aliphatic carbocycles. The molecule has 0 unspecified atom stereocenters. The summed E-state index contributed by atoms with van der Waals surface area (Å²) in [5.74, 6) is 1.39. The zero-order valence-corrected chi connectivity index (χ0v) is 20.2. The first-order valence-electron chi connectivity index (χ1n) is 12.3. The molecule has 2 aliphatic rings. The van der Waals surface area contributed by atoms with Gasteiger partial charge in [0.2, 0.25) is 0 Å². The molecule has 1 N–H and O–H groups in total. The van der Waals surface area contributed by atoms with Crippen LogP contribution >= 0.6 is 0 Å². The fourth-order valence-electron chi connectivity index (χ4n) is 5.19. The lowest BCUT2D eigenvalue weighted by molar-refractivity contribution is 0.241. The van der Waals surface area contributed by atoms with Gasteiger partial charge < -0.3 is 19.2 Å².